The van der Waals surface area contributed by atoms with Crippen molar-refractivity contribution in [2.75, 3.05) is 34.4 Å². The Kier molecular flexibility index (Phi) is 7.30. The molecular formula is C20H25ClN2O3. The van der Waals surface area contributed by atoms with Gasteiger partial charge in [-0.15, -0.1) is 0 Å². The van der Waals surface area contributed by atoms with Crippen molar-refractivity contribution in [1.29, 1.82) is 0 Å². The summed E-state index contributed by atoms with van der Waals surface area (Å²) in [6, 6.07) is 13.1. The van der Waals surface area contributed by atoms with Crippen LogP contribution in [-0.2, 0) is 4.79 Å². The van der Waals surface area contributed by atoms with Crippen molar-refractivity contribution in [3.63, 3.8) is 0 Å². The predicted octanol–water partition coefficient (Wildman–Crippen LogP) is 3.45. The number of hydrogen-bond acceptors (Lipinski definition) is 4. The van der Waals surface area contributed by atoms with Crippen LogP contribution in [0.3, 0.4) is 0 Å². The highest BCUT2D eigenvalue weighted by Crippen LogP contribution is 2.27. The molecule has 0 heterocycles. The van der Waals surface area contributed by atoms with Crippen LogP contribution in [0.15, 0.2) is 42.5 Å². The number of aryl methyl sites for hydroxylation is 1. The topological polar surface area (TPSA) is 50.8 Å². The molecule has 1 amide bonds. The van der Waals surface area contributed by atoms with E-state index in [1.807, 2.05) is 50.2 Å². The SMILES string of the molecule is COc1ccccc1[C@@H](CNC(=O)COc1ccc(Cl)cc1C)N(C)C. The van der Waals surface area contributed by atoms with Gasteiger partial charge in [-0.2, -0.15) is 0 Å². The van der Waals surface area contributed by atoms with Crippen molar-refractivity contribution >= 4 is 17.5 Å². The average Bonchev–Trinajstić information content (AvgIpc) is 2.61. The minimum Gasteiger partial charge on any atom is -0.496 e. The molecule has 0 spiro atoms. The van der Waals surface area contributed by atoms with E-state index in [0.717, 1.165) is 16.9 Å². The maximum absolute atomic E-state index is 12.2. The Morgan fingerprint density at radius 2 is 1.92 bits per heavy atom. The molecule has 0 radical (unpaired) electrons. The van der Waals surface area contributed by atoms with Crippen molar-refractivity contribution in [2.45, 2.75) is 13.0 Å². The minimum atomic E-state index is -0.180. The number of ether oxygens (including phenoxy) is 2. The summed E-state index contributed by atoms with van der Waals surface area (Å²) in [6.07, 6.45) is 0. The maximum atomic E-state index is 12.2. The van der Waals surface area contributed by atoms with E-state index in [-0.39, 0.29) is 18.6 Å². The van der Waals surface area contributed by atoms with Gasteiger partial charge >= 0.3 is 0 Å². The number of methoxy groups -OCH3 is 1. The molecule has 0 bridgehead atoms. The third-order valence-corrected chi connectivity index (χ3v) is 4.34. The highest BCUT2D eigenvalue weighted by atomic mass is 35.5. The third-order valence-electron chi connectivity index (χ3n) is 4.11. The summed E-state index contributed by atoms with van der Waals surface area (Å²) in [5.41, 5.74) is 1.92. The molecule has 2 rings (SSSR count). The van der Waals surface area contributed by atoms with Crippen LogP contribution in [0.25, 0.3) is 0 Å². The number of likely N-dealkylation sites (N-methyl/N-ethyl adjacent to an activating group) is 1. The number of para-hydroxylation sites is 1. The molecule has 2 aromatic rings. The summed E-state index contributed by atoms with van der Waals surface area (Å²) < 4.78 is 11.0. The fraction of sp³-hybridized carbons (Fsp3) is 0.350. The molecule has 1 atom stereocenters. The van der Waals surface area contributed by atoms with Crippen LogP contribution < -0.4 is 14.8 Å². The highest BCUT2D eigenvalue weighted by Gasteiger charge is 2.19. The van der Waals surface area contributed by atoms with Crippen molar-refractivity contribution < 1.29 is 14.3 Å². The van der Waals surface area contributed by atoms with E-state index in [2.05, 4.69) is 5.32 Å². The zero-order valence-electron chi connectivity index (χ0n) is 15.6. The number of hydrogen-bond donors (Lipinski definition) is 1. The maximum Gasteiger partial charge on any atom is 0.258 e. The van der Waals surface area contributed by atoms with E-state index >= 15 is 0 Å². The number of carbonyl (C=O) groups is 1. The smallest absolute Gasteiger partial charge is 0.258 e. The van der Waals surface area contributed by atoms with Gasteiger partial charge in [-0.25, -0.2) is 0 Å². The van der Waals surface area contributed by atoms with Gasteiger partial charge in [0, 0.05) is 17.1 Å². The van der Waals surface area contributed by atoms with Crippen LogP contribution in [0.5, 0.6) is 11.5 Å². The lowest BCUT2D eigenvalue weighted by atomic mass is 10.0. The number of amides is 1. The number of rotatable bonds is 8. The van der Waals surface area contributed by atoms with Gasteiger partial charge in [-0.3, -0.25) is 4.79 Å². The Labute approximate surface area is 159 Å². The first-order chi connectivity index (χ1) is 12.4. The standard InChI is InChI=1S/C20H25ClN2O3/c1-14-11-15(21)9-10-18(14)26-13-20(24)22-12-17(23(2)3)16-7-5-6-8-19(16)25-4/h5-11,17H,12-13H2,1-4H3,(H,22,24)/t17-/m1/s1. The monoisotopic (exact) mass is 376 g/mol. The fourth-order valence-electron chi connectivity index (χ4n) is 2.69. The van der Waals surface area contributed by atoms with E-state index in [4.69, 9.17) is 21.1 Å². The quantitative estimate of drug-likeness (QED) is 0.766. The molecule has 0 aliphatic carbocycles. The molecule has 0 saturated carbocycles. The Morgan fingerprint density at radius 3 is 2.58 bits per heavy atom. The largest absolute Gasteiger partial charge is 0.496 e. The molecule has 140 valence electrons. The van der Waals surface area contributed by atoms with E-state index in [1.165, 1.54) is 0 Å². The van der Waals surface area contributed by atoms with Crippen LogP contribution in [0.1, 0.15) is 17.2 Å². The molecule has 6 heteroatoms. The number of nitrogens with one attached hydrogen (secondary N) is 1. The molecule has 0 unspecified atom stereocenters. The van der Waals surface area contributed by atoms with E-state index in [0.29, 0.717) is 17.3 Å². The van der Waals surface area contributed by atoms with Gasteiger partial charge in [-0.1, -0.05) is 29.8 Å². The highest BCUT2D eigenvalue weighted by molar-refractivity contribution is 6.30. The van der Waals surface area contributed by atoms with Crippen LogP contribution in [0, 0.1) is 6.92 Å². The lowest BCUT2D eigenvalue weighted by Crippen LogP contribution is -2.37. The zero-order chi connectivity index (χ0) is 19.1. The summed E-state index contributed by atoms with van der Waals surface area (Å²) in [5.74, 6) is 1.27. The molecule has 0 saturated heterocycles. The number of carbonyl (C=O) groups excluding carboxylic acids is 1. The van der Waals surface area contributed by atoms with Gasteiger partial charge in [0.1, 0.15) is 11.5 Å². The Balaban J connectivity index is 1.95. The minimum absolute atomic E-state index is 0.00707. The van der Waals surface area contributed by atoms with E-state index in [9.17, 15) is 4.79 Å². The Morgan fingerprint density at radius 1 is 1.19 bits per heavy atom. The molecule has 1 N–H and O–H groups in total. The fourth-order valence-corrected chi connectivity index (χ4v) is 2.92. The summed E-state index contributed by atoms with van der Waals surface area (Å²) in [6.45, 7) is 2.30. The summed E-state index contributed by atoms with van der Waals surface area (Å²) >= 11 is 5.93. The molecule has 26 heavy (non-hydrogen) atoms. The van der Waals surface area contributed by atoms with Gasteiger partial charge in [0.25, 0.3) is 5.91 Å². The lowest BCUT2D eigenvalue weighted by Gasteiger charge is -2.26. The second-order valence-corrected chi connectivity index (χ2v) is 6.66. The van der Waals surface area contributed by atoms with Crippen LogP contribution in [0.2, 0.25) is 5.02 Å². The molecular weight excluding hydrogens is 352 g/mol. The first kappa shape index (κ1) is 20.1. The van der Waals surface area contributed by atoms with E-state index < -0.39 is 0 Å². The molecule has 0 aliphatic rings. The van der Waals surface area contributed by atoms with Crippen LogP contribution >= 0.6 is 11.6 Å². The van der Waals surface area contributed by atoms with Gasteiger partial charge in [0.2, 0.25) is 0 Å². The second-order valence-electron chi connectivity index (χ2n) is 6.22. The van der Waals surface area contributed by atoms with Crippen molar-refractivity contribution in [2.24, 2.45) is 0 Å². The predicted molar refractivity (Wildman–Crippen MR) is 104 cm³/mol. The number of benzene rings is 2. The first-order valence-electron chi connectivity index (χ1n) is 8.37. The van der Waals surface area contributed by atoms with Crippen molar-refractivity contribution in [3.05, 3.63) is 58.6 Å². The summed E-state index contributed by atoms with van der Waals surface area (Å²) in [4.78, 5) is 14.2. The van der Waals surface area contributed by atoms with Gasteiger partial charge in [-0.05, 0) is 50.8 Å². The van der Waals surface area contributed by atoms with Crippen molar-refractivity contribution in [3.8, 4) is 11.5 Å². The summed E-state index contributed by atoms with van der Waals surface area (Å²) in [5, 5.41) is 3.57. The lowest BCUT2D eigenvalue weighted by molar-refractivity contribution is -0.123. The molecule has 0 aliphatic heterocycles. The molecule has 0 fully saturated rings. The Hall–Kier alpha value is -2.24. The molecule has 2 aromatic carbocycles. The average molecular weight is 377 g/mol. The van der Waals surface area contributed by atoms with Gasteiger partial charge in [0.05, 0.1) is 13.2 Å². The first-order valence-corrected chi connectivity index (χ1v) is 8.75. The number of nitrogens with zero attached hydrogens (tertiary/aromatic N) is 1. The van der Waals surface area contributed by atoms with Crippen LogP contribution in [0.4, 0.5) is 0 Å². The molecule has 5 nitrogen and oxygen atoms in total. The second kappa shape index (κ2) is 9.46. The zero-order valence-corrected chi connectivity index (χ0v) is 16.3. The number of halogens is 1. The summed E-state index contributed by atoms with van der Waals surface area (Å²) in [7, 11) is 5.58. The molecule has 0 aromatic heterocycles. The third kappa shape index (κ3) is 5.38. The van der Waals surface area contributed by atoms with E-state index in [1.54, 1.807) is 25.3 Å². The van der Waals surface area contributed by atoms with Crippen molar-refractivity contribution in [1.82, 2.24) is 10.2 Å². The Bertz CT molecular complexity index is 750. The van der Waals surface area contributed by atoms with Gasteiger partial charge < -0.3 is 19.7 Å². The normalized spacial score (nSPS) is 11.9. The van der Waals surface area contributed by atoms with Crippen LogP contribution in [-0.4, -0.2) is 45.2 Å². The van der Waals surface area contributed by atoms with Gasteiger partial charge in [0.15, 0.2) is 6.61 Å².